The van der Waals surface area contributed by atoms with Gasteiger partial charge >= 0.3 is 5.97 Å². The molecule has 1 aromatic carbocycles. The largest absolute Gasteiger partial charge is 0.480 e. The smallest absolute Gasteiger partial charge is 0.323 e. The van der Waals surface area contributed by atoms with Crippen LogP contribution in [0.2, 0.25) is 0 Å². The first-order valence-electron chi connectivity index (χ1n) is 5.52. The first-order valence-corrected chi connectivity index (χ1v) is 6.60. The number of benzene rings is 1. The van der Waals surface area contributed by atoms with Crippen LogP contribution in [0.5, 0.6) is 0 Å². The number of aliphatic carboxylic acids is 1. The molecular weight excluding hydrogens is 371 g/mol. The Kier molecular flexibility index (Phi) is 5.64. The Bertz CT molecular complexity index is 508. The number of hydrogen-bond donors (Lipinski definition) is 1. The van der Waals surface area contributed by atoms with E-state index in [0.717, 1.165) is 17.0 Å². The summed E-state index contributed by atoms with van der Waals surface area (Å²) in [6, 6.07) is 1.71. The van der Waals surface area contributed by atoms with Crippen LogP contribution in [0.15, 0.2) is 12.1 Å². The monoisotopic (exact) mass is 383 g/mol. The SMILES string of the molecule is CCCN(CC(=O)O)C(=O)c1cc(F)c(F)cc1I. The number of carboxylic acid groups (broad SMARTS) is 1. The molecule has 1 amide bonds. The zero-order valence-corrected chi connectivity index (χ0v) is 12.3. The first-order chi connectivity index (χ1) is 8.86. The van der Waals surface area contributed by atoms with Crippen LogP contribution in [-0.4, -0.2) is 35.0 Å². The van der Waals surface area contributed by atoms with Crippen molar-refractivity contribution < 1.29 is 23.5 Å². The lowest BCUT2D eigenvalue weighted by Gasteiger charge is -2.20. The molecule has 0 unspecified atom stereocenters. The van der Waals surface area contributed by atoms with Crippen molar-refractivity contribution in [2.45, 2.75) is 13.3 Å². The summed E-state index contributed by atoms with van der Waals surface area (Å²) in [5.41, 5.74) is -0.0331. The van der Waals surface area contributed by atoms with E-state index in [2.05, 4.69) is 0 Å². The highest BCUT2D eigenvalue weighted by atomic mass is 127. The van der Waals surface area contributed by atoms with E-state index in [1.54, 1.807) is 29.5 Å². The Labute approximate surface area is 122 Å². The van der Waals surface area contributed by atoms with Gasteiger partial charge < -0.3 is 10.0 Å². The number of halogens is 3. The molecule has 0 fully saturated rings. The van der Waals surface area contributed by atoms with Crippen LogP contribution < -0.4 is 0 Å². The number of nitrogens with zero attached hydrogens (tertiary/aromatic N) is 1. The summed E-state index contributed by atoms with van der Waals surface area (Å²) in [5.74, 6) is -3.94. The van der Waals surface area contributed by atoms with Crippen molar-refractivity contribution in [2.24, 2.45) is 0 Å². The second-order valence-corrected chi connectivity index (χ2v) is 5.03. The lowest BCUT2D eigenvalue weighted by atomic mass is 10.2. The summed E-state index contributed by atoms with van der Waals surface area (Å²) in [6.45, 7) is 1.56. The third kappa shape index (κ3) is 4.12. The lowest BCUT2D eigenvalue weighted by Crippen LogP contribution is -2.36. The van der Waals surface area contributed by atoms with Gasteiger partial charge in [-0.15, -0.1) is 0 Å². The van der Waals surface area contributed by atoms with Gasteiger partial charge in [0.1, 0.15) is 6.54 Å². The maximum atomic E-state index is 13.2. The van der Waals surface area contributed by atoms with Gasteiger partial charge in [0, 0.05) is 10.1 Å². The second kappa shape index (κ2) is 6.78. The number of carbonyl (C=O) groups excluding carboxylic acids is 1. The molecule has 0 atom stereocenters. The molecule has 0 aliphatic rings. The molecule has 1 rings (SSSR count). The van der Waals surface area contributed by atoms with Gasteiger partial charge in [-0.05, 0) is 41.1 Å². The van der Waals surface area contributed by atoms with E-state index in [1.807, 2.05) is 0 Å². The molecule has 0 saturated carbocycles. The fraction of sp³-hybridized carbons (Fsp3) is 0.333. The fourth-order valence-electron chi connectivity index (χ4n) is 1.54. The topological polar surface area (TPSA) is 57.6 Å². The number of carboxylic acids is 1. The summed E-state index contributed by atoms with van der Waals surface area (Å²) >= 11 is 1.71. The van der Waals surface area contributed by atoms with Crippen molar-refractivity contribution in [2.75, 3.05) is 13.1 Å². The molecule has 0 bridgehead atoms. The van der Waals surface area contributed by atoms with E-state index in [0.29, 0.717) is 6.42 Å². The third-order valence-electron chi connectivity index (χ3n) is 2.35. The number of hydrogen-bond acceptors (Lipinski definition) is 2. The summed E-state index contributed by atoms with van der Waals surface area (Å²) in [6.07, 6.45) is 0.569. The van der Waals surface area contributed by atoms with Gasteiger partial charge in [0.2, 0.25) is 0 Å². The zero-order valence-electron chi connectivity index (χ0n) is 10.1. The van der Waals surface area contributed by atoms with Crippen molar-refractivity contribution in [3.63, 3.8) is 0 Å². The van der Waals surface area contributed by atoms with Crippen LogP contribution in [0.4, 0.5) is 8.78 Å². The van der Waals surface area contributed by atoms with Gasteiger partial charge in [0.25, 0.3) is 5.91 Å². The van der Waals surface area contributed by atoms with Gasteiger partial charge in [0.05, 0.1) is 5.56 Å². The third-order valence-corrected chi connectivity index (χ3v) is 3.24. The molecule has 4 nitrogen and oxygen atoms in total. The molecular formula is C12H12F2INO3. The standard InChI is InChI=1S/C12H12F2INO3/c1-2-3-16(6-11(17)18)12(19)7-4-8(13)9(14)5-10(7)15/h4-5H,2-3,6H2,1H3,(H,17,18). The van der Waals surface area contributed by atoms with Gasteiger partial charge in [-0.3, -0.25) is 9.59 Å². The maximum Gasteiger partial charge on any atom is 0.323 e. The lowest BCUT2D eigenvalue weighted by molar-refractivity contribution is -0.137. The molecule has 0 aromatic heterocycles. The molecule has 0 radical (unpaired) electrons. The number of amides is 1. The van der Waals surface area contributed by atoms with Crippen molar-refractivity contribution in [1.82, 2.24) is 4.90 Å². The highest BCUT2D eigenvalue weighted by Crippen LogP contribution is 2.19. The normalized spacial score (nSPS) is 10.3. The Hall–Kier alpha value is -1.25. The predicted octanol–water partition coefficient (Wildman–Crippen LogP) is 2.51. The molecule has 0 heterocycles. The summed E-state index contributed by atoms with van der Waals surface area (Å²) in [4.78, 5) is 23.9. The molecule has 104 valence electrons. The van der Waals surface area contributed by atoms with E-state index in [9.17, 15) is 18.4 Å². The summed E-state index contributed by atoms with van der Waals surface area (Å²) in [5, 5.41) is 8.74. The molecule has 1 aromatic rings. The average Bonchev–Trinajstić information content (AvgIpc) is 2.32. The fourth-order valence-corrected chi connectivity index (χ4v) is 2.20. The molecule has 7 heteroatoms. The Morgan fingerprint density at radius 1 is 1.32 bits per heavy atom. The minimum absolute atomic E-state index is 0.0331. The first kappa shape index (κ1) is 15.8. The van der Waals surface area contributed by atoms with Gasteiger partial charge in [-0.2, -0.15) is 0 Å². The highest BCUT2D eigenvalue weighted by Gasteiger charge is 2.21. The minimum atomic E-state index is -1.15. The van der Waals surface area contributed by atoms with Gasteiger partial charge in [-0.25, -0.2) is 8.78 Å². The van der Waals surface area contributed by atoms with Gasteiger partial charge in [-0.1, -0.05) is 6.92 Å². The van der Waals surface area contributed by atoms with Crippen molar-refractivity contribution in [3.8, 4) is 0 Å². The average molecular weight is 383 g/mol. The molecule has 0 aliphatic heterocycles. The van der Waals surface area contributed by atoms with E-state index in [4.69, 9.17) is 5.11 Å². The van der Waals surface area contributed by atoms with Crippen LogP contribution >= 0.6 is 22.6 Å². The number of rotatable bonds is 5. The Morgan fingerprint density at radius 2 is 1.89 bits per heavy atom. The van der Waals surface area contributed by atoms with E-state index < -0.39 is 30.1 Å². The van der Waals surface area contributed by atoms with Crippen molar-refractivity contribution >= 4 is 34.5 Å². The van der Waals surface area contributed by atoms with E-state index >= 15 is 0 Å². The van der Waals surface area contributed by atoms with Crippen LogP contribution in [0, 0.1) is 15.2 Å². The molecule has 0 spiro atoms. The Morgan fingerprint density at radius 3 is 2.42 bits per heavy atom. The van der Waals surface area contributed by atoms with Crippen molar-refractivity contribution in [3.05, 3.63) is 32.9 Å². The summed E-state index contributed by atoms with van der Waals surface area (Å²) in [7, 11) is 0. The Balaban J connectivity index is 3.08. The van der Waals surface area contributed by atoms with E-state index in [1.165, 1.54) is 0 Å². The van der Waals surface area contributed by atoms with Crippen molar-refractivity contribution in [1.29, 1.82) is 0 Å². The van der Waals surface area contributed by atoms with Crippen LogP contribution in [0.3, 0.4) is 0 Å². The number of carbonyl (C=O) groups is 2. The second-order valence-electron chi connectivity index (χ2n) is 3.87. The molecule has 19 heavy (non-hydrogen) atoms. The minimum Gasteiger partial charge on any atom is -0.480 e. The van der Waals surface area contributed by atoms with Crippen LogP contribution in [0.1, 0.15) is 23.7 Å². The molecule has 1 N–H and O–H groups in total. The van der Waals surface area contributed by atoms with Crippen LogP contribution in [0.25, 0.3) is 0 Å². The molecule has 0 saturated heterocycles. The highest BCUT2D eigenvalue weighted by molar-refractivity contribution is 14.1. The predicted molar refractivity (Wildman–Crippen MR) is 72.9 cm³/mol. The molecule has 0 aliphatic carbocycles. The van der Waals surface area contributed by atoms with Crippen LogP contribution in [-0.2, 0) is 4.79 Å². The van der Waals surface area contributed by atoms with Gasteiger partial charge in [0.15, 0.2) is 11.6 Å². The summed E-state index contributed by atoms with van der Waals surface area (Å²) < 4.78 is 26.4. The van der Waals surface area contributed by atoms with E-state index in [-0.39, 0.29) is 15.7 Å². The maximum absolute atomic E-state index is 13.2. The quantitative estimate of drug-likeness (QED) is 0.628. The zero-order chi connectivity index (χ0) is 14.6.